The molecule has 0 aliphatic rings. The standard InChI is InChI=1S/C14H14FN3O3S/c1-21-6-5-16-13(20)11-8-22-14(17-11)18-12(19)9-3-2-4-10(15)7-9/h2-4,7-8H,5-6H2,1H3,(H,16,20)(H,17,18,19). The van der Waals surface area contributed by atoms with Crippen LogP contribution in [-0.2, 0) is 4.74 Å². The lowest BCUT2D eigenvalue weighted by molar-refractivity contribution is 0.0931. The average Bonchev–Trinajstić information content (AvgIpc) is 2.96. The summed E-state index contributed by atoms with van der Waals surface area (Å²) in [5, 5.41) is 6.95. The first kappa shape index (κ1) is 16.1. The number of amides is 2. The van der Waals surface area contributed by atoms with Crippen LogP contribution in [0.1, 0.15) is 20.8 Å². The van der Waals surface area contributed by atoms with Crippen LogP contribution in [0.15, 0.2) is 29.6 Å². The molecule has 0 fully saturated rings. The lowest BCUT2D eigenvalue weighted by Crippen LogP contribution is -2.27. The maximum absolute atomic E-state index is 13.1. The fourth-order valence-electron chi connectivity index (χ4n) is 1.59. The van der Waals surface area contributed by atoms with Crippen LogP contribution in [0.4, 0.5) is 9.52 Å². The third-order valence-corrected chi connectivity index (χ3v) is 3.39. The first-order valence-corrected chi connectivity index (χ1v) is 7.27. The van der Waals surface area contributed by atoms with Crippen LogP contribution < -0.4 is 10.6 Å². The number of halogens is 1. The van der Waals surface area contributed by atoms with E-state index in [2.05, 4.69) is 15.6 Å². The van der Waals surface area contributed by atoms with E-state index in [1.54, 1.807) is 0 Å². The number of carbonyl (C=O) groups is 2. The van der Waals surface area contributed by atoms with Crippen molar-refractivity contribution < 1.29 is 18.7 Å². The third-order valence-electron chi connectivity index (χ3n) is 2.64. The predicted molar refractivity (Wildman–Crippen MR) is 80.7 cm³/mol. The van der Waals surface area contributed by atoms with E-state index in [1.807, 2.05) is 0 Å². The number of carbonyl (C=O) groups excluding carboxylic acids is 2. The van der Waals surface area contributed by atoms with Gasteiger partial charge in [0.15, 0.2) is 5.13 Å². The van der Waals surface area contributed by atoms with Crippen LogP contribution in [-0.4, -0.2) is 37.1 Å². The summed E-state index contributed by atoms with van der Waals surface area (Å²) in [6.07, 6.45) is 0. The summed E-state index contributed by atoms with van der Waals surface area (Å²) in [6, 6.07) is 5.31. The number of anilines is 1. The van der Waals surface area contributed by atoms with E-state index in [9.17, 15) is 14.0 Å². The molecule has 0 bridgehead atoms. The molecule has 0 aliphatic heterocycles. The number of methoxy groups -OCH3 is 1. The number of ether oxygens (including phenoxy) is 1. The molecule has 0 radical (unpaired) electrons. The molecular formula is C14H14FN3O3S. The number of nitrogens with zero attached hydrogens (tertiary/aromatic N) is 1. The van der Waals surface area contributed by atoms with Gasteiger partial charge in [0.25, 0.3) is 11.8 Å². The maximum Gasteiger partial charge on any atom is 0.270 e. The van der Waals surface area contributed by atoms with Gasteiger partial charge in [-0.2, -0.15) is 0 Å². The second-order valence-electron chi connectivity index (χ2n) is 4.25. The molecule has 6 nitrogen and oxygen atoms in total. The van der Waals surface area contributed by atoms with E-state index >= 15 is 0 Å². The minimum Gasteiger partial charge on any atom is -0.383 e. The third kappa shape index (κ3) is 4.34. The highest BCUT2D eigenvalue weighted by Gasteiger charge is 2.13. The molecule has 0 saturated carbocycles. The number of benzene rings is 1. The Morgan fingerprint density at radius 3 is 2.91 bits per heavy atom. The molecule has 22 heavy (non-hydrogen) atoms. The molecule has 1 aromatic heterocycles. The molecule has 0 saturated heterocycles. The van der Waals surface area contributed by atoms with Gasteiger partial charge in [0.2, 0.25) is 0 Å². The number of nitrogens with one attached hydrogen (secondary N) is 2. The van der Waals surface area contributed by atoms with E-state index in [0.29, 0.717) is 13.2 Å². The van der Waals surface area contributed by atoms with E-state index in [-0.39, 0.29) is 22.3 Å². The van der Waals surface area contributed by atoms with Gasteiger partial charge in [-0.15, -0.1) is 11.3 Å². The number of rotatable bonds is 6. The number of hydrogen-bond donors (Lipinski definition) is 2. The van der Waals surface area contributed by atoms with Gasteiger partial charge in [0.05, 0.1) is 6.61 Å². The van der Waals surface area contributed by atoms with Crippen LogP contribution in [0.5, 0.6) is 0 Å². The van der Waals surface area contributed by atoms with Gasteiger partial charge in [-0.1, -0.05) is 6.07 Å². The van der Waals surface area contributed by atoms with Gasteiger partial charge in [-0.25, -0.2) is 9.37 Å². The Hall–Kier alpha value is -2.32. The van der Waals surface area contributed by atoms with Gasteiger partial charge in [0.1, 0.15) is 11.5 Å². The highest BCUT2D eigenvalue weighted by molar-refractivity contribution is 7.14. The van der Waals surface area contributed by atoms with Crippen LogP contribution in [0.2, 0.25) is 0 Å². The highest BCUT2D eigenvalue weighted by Crippen LogP contribution is 2.16. The zero-order valence-corrected chi connectivity index (χ0v) is 12.6. The molecule has 0 atom stereocenters. The van der Waals surface area contributed by atoms with Crippen molar-refractivity contribution in [3.8, 4) is 0 Å². The van der Waals surface area contributed by atoms with Crippen LogP contribution in [0.3, 0.4) is 0 Å². The Morgan fingerprint density at radius 2 is 2.18 bits per heavy atom. The van der Waals surface area contributed by atoms with Gasteiger partial charge >= 0.3 is 0 Å². The van der Waals surface area contributed by atoms with Crippen LogP contribution in [0, 0.1) is 5.82 Å². The molecule has 0 spiro atoms. The summed E-state index contributed by atoms with van der Waals surface area (Å²) < 4.78 is 17.9. The molecule has 2 N–H and O–H groups in total. The smallest absolute Gasteiger partial charge is 0.270 e. The molecule has 2 rings (SSSR count). The summed E-state index contributed by atoms with van der Waals surface area (Å²) in [6.45, 7) is 0.775. The fraction of sp³-hybridized carbons (Fsp3) is 0.214. The van der Waals surface area contributed by atoms with Crippen molar-refractivity contribution in [2.45, 2.75) is 0 Å². The van der Waals surface area contributed by atoms with Crippen molar-refractivity contribution in [3.63, 3.8) is 0 Å². The van der Waals surface area contributed by atoms with Crippen molar-refractivity contribution in [1.29, 1.82) is 0 Å². The van der Waals surface area contributed by atoms with Crippen molar-refractivity contribution in [2.75, 3.05) is 25.6 Å². The summed E-state index contributed by atoms with van der Waals surface area (Å²) in [4.78, 5) is 27.7. The van der Waals surface area contributed by atoms with Crippen LogP contribution >= 0.6 is 11.3 Å². The Kier molecular flexibility index (Phi) is 5.56. The van der Waals surface area contributed by atoms with Gasteiger partial charge in [-0.3, -0.25) is 14.9 Å². The Balaban J connectivity index is 1.97. The average molecular weight is 323 g/mol. The van der Waals surface area contributed by atoms with Gasteiger partial charge in [-0.05, 0) is 18.2 Å². The van der Waals surface area contributed by atoms with Crippen molar-refractivity contribution >= 4 is 28.3 Å². The molecule has 2 amide bonds. The molecule has 0 aliphatic carbocycles. The Labute approximate surface area is 130 Å². The fourth-order valence-corrected chi connectivity index (χ4v) is 2.28. The predicted octanol–water partition coefficient (Wildman–Crippen LogP) is 1.91. The van der Waals surface area contributed by atoms with E-state index < -0.39 is 11.7 Å². The first-order valence-electron chi connectivity index (χ1n) is 6.39. The van der Waals surface area contributed by atoms with Crippen molar-refractivity contribution in [2.24, 2.45) is 0 Å². The monoisotopic (exact) mass is 323 g/mol. The molecule has 8 heteroatoms. The van der Waals surface area contributed by atoms with Crippen LogP contribution in [0.25, 0.3) is 0 Å². The van der Waals surface area contributed by atoms with E-state index in [0.717, 1.165) is 17.4 Å². The summed E-state index contributed by atoms with van der Waals surface area (Å²) in [7, 11) is 1.54. The normalized spacial score (nSPS) is 10.3. The molecule has 0 unspecified atom stereocenters. The summed E-state index contributed by atoms with van der Waals surface area (Å²) >= 11 is 1.12. The second kappa shape index (κ2) is 7.62. The quantitative estimate of drug-likeness (QED) is 0.796. The molecule has 2 aromatic rings. The number of thiazole rings is 1. The SMILES string of the molecule is COCCNC(=O)c1csc(NC(=O)c2cccc(F)c2)n1. The number of aromatic nitrogens is 1. The minimum absolute atomic E-state index is 0.182. The molecular weight excluding hydrogens is 309 g/mol. The summed E-state index contributed by atoms with van der Waals surface area (Å²) in [5.41, 5.74) is 0.386. The lowest BCUT2D eigenvalue weighted by atomic mass is 10.2. The summed E-state index contributed by atoms with van der Waals surface area (Å²) in [5.74, 6) is -1.33. The molecule has 116 valence electrons. The Bertz CT molecular complexity index is 675. The largest absolute Gasteiger partial charge is 0.383 e. The van der Waals surface area contributed by atoms with Crippen molar-refractivity contribution in [1.82, 2.24) is 10.3 Å². The highest BCUT2D eigenvalue weighted by atomic mass is 32.1. The molecule has 1 heterocycles. The first-order chi connectivity index (χ1) is 10.6. The van der Waals surface area contributed by atoms with Gasteiger partial charge in [0, 0.05) is 24.6 Å². The minimum atomic E-state index is -0.495. The second-order valence-corrected chi connectivity index (χ2v) is 5.11. The zero-order chi connectivity index (χ0) is 15.9. The molecule has 1 aromatic carbocycles. The van der Waals surface area contributed by atoms with Crippen molar-refractivity contribution in [3.05, 3.63) is 46.7 Å². The zero-order valence-electron chi connectivity index (χ0n) is 11.8. The van der Waals surface area contributed by atoms with Gasteiger partial charge < -0.3 is 10.1 Å². The maximum atomic E-state index is 13.1. The van der Waals surface area contributed by atoms with E-state index in [1.165, 1.54) is 30.7 Å². The van der Waals surface area contributed by atoms with E-state index in [4.69, 9.17) is 4.74 Å². The lowest BCUT2D eigenvalue weighted by Gasteiger charge is -2.02. The topological polar surface area (TPSA) is 80.3 Å². The Morgan fingerprint density at radius 1 is 1.36 bits per heavy atom. The number of hydrogen-bond acceptors (Lipinski definition) is 5.